The van der Waals surface area contributed by atoms with Crippen LogP contribution >= 0.6 is 0 Å². The number of hydrogen-bond donors (Lipinski definition) is 1. The lowest BCUT2D eigenvalue weighted by Gasteiger charge is -2.38. The molecule has 186 valence electrons. The number of rotatable bonds is 11. The normalized spacial score (nSPS) is 19.5. The molecule has 1 saturated heterocycles. The number of pyridine rings is 1. The monoisotopic (exact) mass is 480 g/mol. The van der Waals surface area contributed by atoms with Crippen molar-refractivity contribution >= 4 is 16.9 Å². The van der Waals surface area contributed by atoms with E-state index in [1.807, 2.05) is 30.3 Å². The molecule has 7 nitrogen and oxygen atoms in total. The van der Waals surface area contributed by atoms with Crippen molar-refractivity contribution < 1.29 is 19.0 Å². The first-order valence-electron chi connectivity index (χ1n) is 12.3. The Morgan fingerprint density at radius 2 is 2.14 bits per heavy atom. The average Bonchev–Trinajstić information content (AvgIpc) is 2.87. The molecule has 1 aromatic carbocycles. The number of carbonyl (C=O) groups is 1. The van der Waals surface area contributed by atoms with E-state index in [4.69, 9.17) is 4.74 Å². The Kier molecular flexibility index (Phi) is 8.58. The molecule has 1 unspecified atom stereocenters. The first-order chi connectivity index (χ1) is 17.0. The van der Waals surface area contributed by atoms with Gasteiger partial charge in [-0.1, -0.05) is 0 Å². The molecule has 0 aliphatic carbocycles. The molecule has 2 aromatic heterocycles. The molecule has 1 aliphatic rings. The van der Waals surface area contributed by atoms with Crippen LogP contribution in [0.4, 0.5) is 4.39 Å². The minimum Gasteiger partial charge on any atom is -0.497 e. The Balaban J connectivity index is 1.35. The largest absolute Gasteiger partial charge is 0.497 e. The summed E-state index contributed by atoms with van der Waals surface area (Å²) in [6.07, 6.45) is 6.02. The van der Waals surface area contributed by atoms with Crippen LogP contribution in [-0.4, -0.2) is 57.9 Å². The number of alkyl halides is 1. The molecule has 1 N–H and O–H groups in total. The van der Waals surface area contributed by atoms with Crippen molar-refractivity contribution in [1.82, 2.24) is 20.1 Å². The highest BCUT2D eigenvalue weighted by Crippen LogP contribution is 2.36. The van der Waals surface area contributed by atoms with Crippen LogP contribution in [0.1, 0.15) is 49.5 Å². The van der Waals surface area contributed by atoms with Gasteiger partial charge < -0.3 is 14.7 Å². The molecule has 3 atom stereocenters. The van der Waals surface area contributed by atoms with Crippen LogP contribution in [0.5, 0.6) is 5.75 Å². The van der Waals surface area contributed by atoms with Crippen LogP contribution in [0.2, 0.25) is 0 Å². The summed E-state index contributed by atoms with van der Waals surface area (Å²) in [4.78, 5) is 18.2. The molecule has 3 aromatic rings. The standard InChI is InChI=1S/C27H33FN4O3/c1-35-22-7-9-26-24(17-22)23(10-13-29-26)25(28)8-6-19-11-15-32(18-20(19)16-27(33)34)14-3-5-21-4-2-12-30-31-21/h2,4,7,9-10,12-13,17,19-20,25H,3,5-6,8,11,14-16,18H2,1H3,(H,33,34)/t19-,20+,25?/m1/s1. The van der Waals surface area contributed by atoms with Crippen molar-refractivity contribution in [3.63, 3.8) is 0 Å². The number of aromatic nitrogens is 3. The van der Waals surface area contributed by atoms with Gasteiger partial charge in [0.25, 0.3) is 0 Å². The van der Waals surface area contributed by atoms with Gasteiger partial charge >= 0.3 is 5.97 Å². The van der Waals surface area contributed by atoms with Crippen molar-refractivity contribution in [2.45, 2.75) is 44.7 Å². The van der Waals surface area contributed by atoms with Crippen molar-refractivity contribution in [3.8, 4) is 5.75 Å². The van der Waals surface area contributed by atoms with Gasteiger partial charge in [-0.05, 0) is 99.0 Å². The molecule has 1 aliphatic heterocycles. The Labute approximate surface area is 205 Å². The number of fused-ring (bicyclic) bond motifs is 1. The Hall–Kier alpha value is -3.13. The quantitative estimate of drug-likeness (QED) is 0.419. The number of aryl methyl sites for hydroxylation is 1. The summed E-state index contributed by atoms with van der Waals surface area (Å²) in [6, 6.07) is 11.1. The number of benzene rings is 1. The zero-order chi connectivity index (χ0) is 24.6. The fraction of sp³-hybridized carbons (Fsp3) is 0.481. The fourth-order valence-electron chi connectivity index (χ4n) is 5.21. The first-order valence-corrected chi connectivity index (χ1v) is 12.3. The van der Waals surface area contributed by atoms with Crippen molar-refractivity contribution in [1.29, 1.82) is 0 Å². The van der Waals surface area contributed by atoms with Crippen LogP contribution in [-0.2, 0) is 11.2 Å². The number of piperidine rings is 1. The Morgan fingerprint density at radius 1 is 1.26 bits per heavy atom. The minimum absolute atomic E-state index is 0.0271. The number of carboxylic acids is 1. The molecule has 3 heterocycles. The van der Waals surface area contributed by atoms with Gasteiger partial charge in [-0.2, -0.15) is 10.2 Å². The number of aliphatic carboxylic acids is 1. The number of methoxy groups -OCH3 is 1. The van der Waals surface area contributed by atoms with Crippen LogP contribution in [0.25, 0.3) is 10.9 Å². The average molecular weight is 481 g/mol. The second kappa shape index (κ2) is 12.0. The molecule has 4 rings (SSSR count). The van der Waals surface area contributed by atoms with E-state index in [0.29, 0.717) is 24.2 Å². The van der Waals surface area contributed by atoms with E-state index < -0.39 is 12.1 Å². The molecule has 35 heavy (non-hydrogen) atoms. The fourth-order valence-corrected chi connectivity index (χ4v) is 5.21. The summed E-state index contributed by atoms with van der Waals surface area (Å²) in [5.74, 6) is 0.111. The number of halogens is 1. The lowest BCUT2D eigenvalue weighted by Crippen LogP contribution is -2.42. The van der Waals surface area contributed by atoms with Gasteiger partial charge in [0, 0.05) is 30.7 Å². The predicted octanol–water partition coefficient (Wildman–Crippen LogP) is 4.87. The predicted molar refractivity (Wildman–Crippen MR) is 132 cm³/mol. The van der Waals surface area contributed by atoms with Crippen molar-refractivity contribution in [2.24, 2.45) is 11.8 Å². The first kappa shape index (κ1) is 25.0. The number of carboxylic acid groups (broad SMARTS) is 1. The summed E-state index contributed by atoms with van der Waals surface area (Å²) in [5, 5.41) is 18.3. The lowest BCUT2D eigenvalue weighted by molar-refractivity contribution is -0.139. The number of nitrogens with zero attached hydrogens (tertiary/aromatic N) is 4. The summed E-state index contributed by atoms with van der Waals surface area (Å²) < 4.78 is 20.8. The maximum Gasteiger partial charge on any atom is 0.303 e. The molecule has 0 spiro atoms. The molecule has 1 fully saturated rings. The van der Waals surface area contributed by atoms with Crippen LogP contribution in [0.3, 0.4) is 0 Å². The summed E-state index contributed by atoms with van der Waals surface area (Å²) in [7, 11) is 1.59. The molecule has 0 bridgehead atoms. The molecule has 0 saturated carbocycles. The van der Waals surface area contributed by atoms with E-state index in [2.05, 4.69) is 20.1 Å². The number of likely N-dealkylation sites (tertiary alicyclic amines) is 1. The number of hydrogen-bond acceptors (Lipinski definition) is 6. The zero-order valence-corrected chi connectivity index (χ0v) is 20.1. The van der Waals surface area contributed by atoms with E-state index in [0.717, 1.165) is 55.5 Å². The lowest BCUT2D eigenvalue weighted by atomic mass is 9.79. The summed E-state index contributed by atoms with van der Waals surface area (Å²) >= 11 is 0. The second-order valence-corrected chi connectivity index (χ2v) is 9.35. The molecule has 0 radical (unpaired) electrons. The smallest absolute Gasteiger partial charge is 0.303 e. The maximum absolute atomic E-state index is 15.4. The van der Waals surface area contributed by atoms with E-state index in [1.165, 1.54) is 0 Å². The van der Waals surface area contributed by atoms with E-state index in [9.17, 15) is 9.90 Å². The molecule has 8 heteroatoms. The third-order valence-corrected chi connectivity index (χ3v) is 7.06. The highest BCUT2D eigenvalue weighted by molar-refractivity contribution is 5.83. The minimum atomic E-state index is -1.14. The van der Waals surface area contributed by atoms with E-state index in [-0.39, 0.29) is 18.3 Å². The van der Waals surface area contributed by atoms with Gasteiger partial charge in [0.1, 0.15) is 11.9 Å². The SMILES string of the molecule is COc1ccc2nccc(C(F)CC[C@@H]3CCN(CCCc4cccnn4)C[C@@H]3CC(=O)O)c2c1. The van der Waals surface area contributed by atoms with Crippen molar-refractivity contribution in [3.05, 3.63) is 60.0 Å². The summed E-state index contributed by atoms with van der Waals surface area (Å²) in [6.45, 7) is 2.55. The Bertz CT molecular complexity index is 1110. The van der Waals surface area contributed by atoms with E-state index in [1.54, 1.807) is 25.6 Å². The van der Waals surface area contributed by atoms with E-state index >= 15 is 4.39 Å². The third-order valence-electron chi connectivity index (χ3n) is 7.06. The van der Waals surface area contributed by atoms with Gasteiger partial charge in [-0.25, -0.2) is 4.39 Å². The van der Waals surface area contributed by atoms with Crippen LogP contribution in [0, 0.1) is 11.8 Å². The Morgan fingerprint density at radius 3 is 2.91 bits per heavy atom. The van der Waals surface area contributed by atoms with Crippen LogP contribution in [0.15, 0.2) is 48.8 Å². The van der Waals surface area contributed by atoms with Crippen molar-refractivity contribution in [2.75, 3.05) is 26.7 Å². The number of ether oxygens (including phenoxy) is 1. The molecular weight excluding hydrogens is 447 g/mol. The highest BCUT2D eigenvalue weighted by Gasteiger charge is 2.31. The van der Waals surface area contributed by atoms with Gasteiger partial charge in [0.2, 0.25) is 0 Å². The molecular formula is C27H33FN4O3. The zero-order valence-electron chi connectivity index (χ0n) is 20.1. The van der Waals surface area contributed by atoms with Gasteiger partial charge in [0.15, 0.2) is 0 Å². The maximum atomic E-state index is 15.4. The van der Waals surface area contributed by atoms with Gasteiger partial charge in [0.05, 0.1) is 18.3 Å². The topological polar surface area (TPSA) is 88.4 Å². The second-order valence-electron chi connectivity index (χ2n) is 9.35. The third kappa shape index (κ3) is 6.72. The summed E-state index contributed by atoms with van der Waals surface area (Å²) in [5.41, 5.74) is 2.33. The van der Waals surface area contributed by atoms with Gasteiger partial charge in [-0.3, -0.25) is 9.78 Å². The van der Waals surface area contributed by atoms with Gasteiger partial charge in [-0.15, -0.1) is 0 Å². The van der Waals surface area contributed by atoms with Crippen LogP contribution < -0.4 is 4.74 Å². The highest BCUT2D eigenvalue weighted by atomic mass is 19.1. The molecule has 0 amide bonds.